The van der Waals surface area contributed by atoms with Gasteiger partial charge >= 0.3 is 6.09 Å². The zero-order valence-electron chi connectivity index (χ0n) is 17.9. The third-order valence-corrected chi connectivity index (χ3v) is 6.91. The Morgan fingerprint density at radius 1 is 1.15 bits per heavy atom. The molecule has 1 heterocycles. The fraction of sp³-hybridized carbons (Fsp3) is 0.238. The van der Waals surface area contributed by atoms with Crippen molar-refractivity contribution in [2.45, 2.75) is 24.7 Å². The first kappa shape index (κ1) is 24.1. The summed E-state index contributed by atoms with van der Waals surface area (Å²) in [4.78, 5) is 25.2. The maximum atomic E-state index is 13.2. The molecule has 0 spiro atoms. The molecule has 2 aromatic carbocycles. The minimum absolute atomic E-state index is 0.198. The first-order chi connectivity index (χ1) is 15.7. The van der Waals surface area contributed by atoms with Crippen molar-refractivity contribution in [1.82, 2.24) is 14.9 Å². The van der Waals surface area contributed by atoms with Gasteiger partial charge in [-0.05, 0) is 36.8 Å². The molecule has 0 bridgehead atoms. The number of ether oxygens (including phenoxy) is 1. The van der Waals surface area contributed by atoms with Crippen molar-refractivity contribution in [2.75, 3.05) is 18.6 Å². The lowest BCUT2D eigenvalue weighted by Gasteiger charge is -2.19. The van der Waals surface area contributed by atoms with Crippen LogP contribution in [-0.4, -0.2) is 49.4 Å². The van der Waals surface area contributed by atoms with Crippen LogP contribution in [0.15, 0.2) is 53.4 Å². The van der Waals surface area contributed by atoms with E-state index in [9.17, 15) is 18.0 Å². The molecule has 10 nitrogen and oxygen atoms in total. The summed E-state index contributed by atoms with van der Waals surface area (Å²) in [5, 5.41) is 17.9. The van der Waals surface area contributed by atoms with Gasteiger partial charge < -0.3 is 9.84 Å². The molecule has 0 saturated heterocycles. The maximum Gasteiger partial charge on any atom is 0.418 e. The van der Waals surface area contributed by atoms with Crippen LogP contribution in [0.2, 0.25) is 0 Å². The van der Waals surface area contributed by atoms with Crippen LogP contribution in [0.4, 0.5) is 9.93 Å². The number of carbonyl (C=O) groups is 2. The molecular weight excluding hydrogens is 468 g/mol. The number of carboxylic acid groups (broad SMARTS) is 1. The summed E-state index contributed by atoms with van der Waals surface area (Å²) in [6, 6.07) is 12.4. The molecule has 3 aromatic rings. The van der Waals surface area contributed by atoms with Gasteiger partial charge in [0.2, 0.25) is 5.13 Å². The van der Waals surface area contributed by atoms with Gasteiger partial charge in [-0.3, -0.25) is 9.69 Å². The minimum atomic E-state index is -4.17. The third-order valence-electron chi connectivity index (χ3n) is 4.58. The number of amides is 2. The number of carbonyl (C=O) groups excluding carboxylic acids is 1. The van der Waals surface area contributed by atoms with Crippen LogP contribution < -0.4 is 14.4 Å². The Morgan fingerprint density at radius 3 is 2.52 bits per heavy atom. The van der Waals surface area contributed by atoms with E-state index in [0.29, 0.717) is 33.6 Å². The summed E-state index contributed by atoms with van der Waals surface area (Å²) in [5.74, 6) is 0.341. The molecule has 33 heavy (non-hydrogen) atoms. The van der Waals surface area contributed by atoms with E-state index in [1.165, 1.54) is 47.4 Å². The second-order valence-electron chi connectivity index (χ2n) is 6.87. The SMILES string of the molecule is CCCCN(C(=O)c1cccc(OC)c1)c1nnc(-c2ccc(S(=O)(=O)NC(=O)O)cc2)s1. The van der Waals surface area contributed by atoms with Crippen molar-refractivity contribution in [1.29, 1.82) is 0 Å². The molecule has 0 radical (unpaired) electrons. The van der Waals surface area contributed by atoms with Crippen LogP contribution in [-0.2, 0) is 10.0 Å². The molecule has 1 aromatic heterocycles. The zero-order chi connectivity index (χ0) is 24.0. The lowest BCUT2D eigenvalue weighted by Crippen LogP contribution is -2.31. The van der Waals surface area contributed by atoms with Crippen molar-refractivity contribution in [3.63, 3.8) is 0 Å². The predicted molar refractivity (Wildman–Crippen MR) is 123 cm³/mol. The molecule has 2 amide bonds. The minimum Gasteiger partial charge on any atom is -0.497 e. The highest BCUT2D eigenvalue weighted by molar-refractivity contribution is 7.90. The number of unbranched alkanes of at least 4 members (excludes halogenated alkanes) is 1. The van der Waals surface area contributed by atoms with E-state index < -0.39 is 16.1 Å². The van der Waals surface area contributed by atoms with Gasteiger partial charge in [0.1, 0.15) is 10.8 Å². The van der Waals surface area contributed by atoms with Crippen molar-refractivity contribution in [3.8, 4) is 16.3 Å². The van der Waals surface area contributed by atoms with Crippen LogP contribution in [0, 0.1) is 0 Å². The number of methoxy groups -OCH3 is 1. The van der Waals surface area contributed by atoms with Gasteiger partial charge in [0, 0.05) is 17.7 Å². The topological polar surface area (TPSA) is 139 Å². The zero-order valence-corrected chi connectivity index (χ0v) is 19.5. The van der Waals surface area contributed by atoms with Crippen LogP contribution in [0.1, 0.15) is 30.1 Å². The molecule has 12 heteroatoms. The average molecular weight is 491 g/mol. The highest BCUT2D eigenvalue weighted by Gasteiger charge is 2.23. The number of hydrogen-bond acceptors (Lipinski definition) is 8. The number of aromatic nitrogens is 2. The number of rotatable bonds is 9. The van der Waals surface area contributed by atoms with Gasteiger partial charge in [-0.25, -0.2) is 17.9 Å². The molecule has 0 aliphatic rings. The monoisotopic (exact) mass is 490 g/mol. The number of anilines is 1. The quantitative estimate of drug-likeness (QED) is 0.464. The summed E-state index contributed by atoms with van der Waals surface area (Å²) < 4.78 is 30.6. The van der Waals surface area contributed by atoms with Gasteiger partial charge in [0.25, 0.3) is 15.9 Å². The normalized spacial score (nSPS) is 11.1. The van der Waals surface area contributed by atoms with Gasteiger partial charge in [-0.2, -0.15) is 0 Å². The molecule has 0 fully saturated rings. The van der Waals surface area contributed by atoms with Crippen LogP contribution in [0.25, 0.3) is 10.6 Å². The lowest BCUT2D eigenvalue weighted by atomic mass is 10.2. The Balaban J connectivity index is 1.87. The van der Waals surface area contributed by atoms with Gasteiger partial charge in [-0.15, -0.1) is 10.2 Å². The number of nitrogens with zero attached hydrogens (tertiary/aromatic N) is 3. The summed E-state index contributed by atoms with van der Waals surface area (Å²) >= 11 is 1.19. The van der Waals surface area contributed by atoms with E-state index >= 15 is 0 Å². The molecule has 3 rings (SSSR count). The van der Waals surface area contributed by atoms with Crippen molar-refractivity contribution < 1.29 is 27.9 Å². The molecule has 0 saturated carbocycles. The second-order valence-corrected chi connectivity index (χ2v) is 9.51. The highest BCUT2D eigenvalue weighted by atomic mass is 32.2. The molecule has 2 N–H and O–H groups in total. The van der Waals surface area contributed by atoms with Crippen molar-refractivity contribution in [2.24, 2.45) is 0 Å². The number of benzene rings is 2. The molecular formula is C21H22N4O6S2. The van der Waals surface area contributed by atoms with Crippen LogP contribution >= 0.6 is 11.3 Å². The molecule has 0 atom stereocenters. The van der Waals surface area contributed by atoms with E-state index in [4.69, 9.17) is 9.84 Å². The molecule has 0 aliphatic heterocycles. The summed E-state index contributed by atoms with van der Waals surface area (Å²) in [6.07, 6.45) is -0.0116. The Hall–Kier alpha value is -3.51. The predicted octanol–water partition coefficient (Wildman–Crippen LogP) is 3.62. The van der Waals surface area contributed by atoms with E-state index in [1.807, 2.05) is 6.92 Å². The second kappa shape index (κ2) is 10.4. The Morgan fingerprint density at radius 2 is 1.88 bits per heavy atom. The fourth-order valence-corrected chi connectivity index (χ4v) is 4.62. The van der Waals surface area contributed by atoms with Gasteiger partial charge in [-0.1, -0.05) is 42.9 Å². The van der Waals surface area contributed by atoms with Crippen molar-refractivity contribution >= 4 is 38.5 Å². The molecule has 174 valence electrons. The van der Waals surface area contributed by atoms with E-state index in [-0.39, 0.29) is 10.8 Å². The highest BCUT2D eigenvalue weighted by Crippen LogP contribution is 2.30. The first-order valence-corrected chi connectivity index (χ1v) is 12.2. The van der Waals surface area contributed by atoms with Crippen LogP contribution in [0.3, 0.4) is 0 Å². The van der Waals surface area contributed by atoms with Gasteiger partial charge in [0.15, 0.2) is 0 Å². The van der Waals surface area contributed by atoms with E-state index in [2.05, 4.69) is 10.2 Å². The summed E-state index contributed by atoms with van der Waals surface area (Å²) in [7, 11) is -2.64. The van der Waals surface area contributed by atoms with E-state index in [0.717, 1.165) is 12.8 Å². The number of hydrogen-bond donors (Lipinski definition) is 2. The van der Waals surface area contributed by atoms with Gasteiger partial charge in [0.05, 0.1) is 12.0 Å². The lowest BCUT2D eigenvalue weighted by molar-refractivity contribution is 0.0986. The smallest absolute Gasteiger partial charge is 0.418 e. The van der Waals surface area contributed by atoms with Crippen molar-refractivity contribution in [3.05, 3.63) is 54.1 Å². The maximum absolute atomic E-state index is 13.2. The Kier molecular flexibility index (Phi) is 7.61. The summed E-state index contributed by atoms with van der Waals surface area (Å²) in [5.41, 5.74) is 1.04. The van der Waals surface area contributed by atoms with E-state index in [1.54, 1.807) is 29.2 Å². The first-order valence-electron chi connectivity index (χ1n) is 9.90. The Labute approximate surface area is 194 Å². The Bertz CT molecular complexity index is 1240. The third kappa shape index (κ3) is 5.84. The average Bonchev–Trinajstić information content (AvgIpc) is 3.28. The molecule has 0 unspecified atom stereocenters. The molecule has 0 aliphatic carbocycles. The largest absolute Gasteiger partial charge is 0.497 e. The summed E-state index contributed by atoms with van der Waals surface area (Å²) in [6.45, 7) is 2.48. The standard InChI is InChI=1S/C21H22N4O6S2/c1-3-4-12-25(19(26)15-6-5-7-16(13-15)31-2)20-23-22-18(32-20)14-8-10-17(11-9-14)33(29,30)24-21(27)28/h5-11,13,24H,3-4,12H2,1-2H3,(H,27,28). The number of nitrogens with one attached hydrogen (secondary N) is 1. The fourth-order valence-electron chi connectivity index (χ4n) is 2.90. The van der Waals surface area contributed by atoms with Crippen LogP contribution in [0.5, 0.6) is 5.75 Å². The number of sulfonamides is 1.